The topological polar surface area (TPSA) is 22.0 Å². The molecule has 2 heteroatoms. The summed E-state index contributed by atoms with van der Waals surface area (Å²) in [5, 5.41) is 0. The Bertz CT molecular complexity index is 396. The number of hydrogen-bond donors (Lipinski definition) is 0. The van der Waals surface area contributed by atoms with Crippen LogP contribution < -0.4 is 0 Å². The summed E-state index contributed by atoms with van der Waals surface area (Å²) in [6, 6.07) is 1.99. The van der Waals surface area contributed by atoms with Gasteiger partial charge in [0.1, 0.15) is 0 Å². The fraction of sp³-hybridized carbons (Fsp3) is 0.182. The van der Waals surface area contributed by atoms with Crippen molar-refractivity contribution in [3.63, 3.8) is 0 Å². The van der Waals surface area contributed by atoms with Gasteiger partial charge in [-0.1, -0.05) is 18.2 Å². The molecular formula is C11H11NO. The second-order valence-electron chi connectivity index (χ2n) is 3.17. The standard InChI is InChI=1S/C11H11NO/c1-12-7-6-10(11(12)8-13)9-4-2-3-5-9/h2-4,6-8H,5H2,1H3. The van der Waals surface area contributed by atoms with Crippen LogP contribution in [0.1, 0.15) is 22.5 Å². The lowest BCUT2D eigenvalue weighted by molar-refractivity contribution is 0.111. The molecule has 1 heterocycles. The highest BCUT2D eigenvalue weighted by Gasteiger charge is 2.10. The van der Waals surface area contributed by atoms with Crippen LogP contribution in [0.25, 0.3) is 5.57 Å². The number of nitrogens with zero attached hydrogens (tertiary/aromatic N) is 1. The molecule has 0 amide bonds. The van der Waals surface area contributed by atoms with Gasteiger partial charge in [-0.05, 0) is 18.1 Å². The van der Waals surface area contributed by atoms with Crippen LogP contribution in [0, 0.1) is 0 Å². The average molecular weight is 173 g/mol. The Labute approximate surface area is 77.2 Å². The van der Waals surface area contributed by atoms with Crippen LogP contribution >= 0.6 is 0 Å². The van der Waals surface area contributed by atoms with Crippen molar-refractivity contribution in [2.24, 2.45) is 7.05 Å². The van der Waals surface area contributed by atoms with E-state index >= 15 is 0 Å². The normalized spacial score (nSPS) is 14.7. The summed E-state index contributed by atoms with van der Waals surface area (Å²) in [6.07, 6.45) is 9.94. The predicted molar refractivity (Wildman–Crippen MR) is 52.5 cm³/mol. The van der Waals surface area contributed by atoms with Gasteiger partial charge in [-0.3, -0.25) is 4.79 Å². The molecule has 1 aliphatic rings. The van der Waals surface area contributed by atoms with E-state index in [4.69, 9.17) is 0 Å². The van der Waals surface area contributed by atoms with E-state index in [-0.39, 0.29) is 0 Å². The highest BCUT2D eigenvalue weighted by atomic mass is 16.1. The third-order valence-corrected chi connectivity index (χ3v) is 2.35. The van der Waals surface area contributed by atoms with Crippen molar-refractivity contribution < 1.29 is 4.79 Å². The monoisotopic (exact) mass is 173 g/mol. The minimum absolute atomic E-state index is 0.759. The van der Waals surface area contributed by atoms with Crippen LogP contribution in [0.15, 0.2) is 30.5 Å². The lowest BCUT2D eigenvalue weighted by atomic mass is 10.1. The summed E-state index contributed by atoms with van der Waals surface area (Å²) in [5.41, 5.74) is 3.04. The molecule has 0 saturated carbocycles. The Morgan fingerprint density at radius 1 is 1.54 bits per heavy atom. The van der Waals surface area contributed by atoms with E-state index in [1.54, 1.807) is 0 Å². The van der Waals surface area contributed by atoms with Crippen LogP contribution in [0.3, 0.4) is 0 Å². The molecule has 0 aromatic carbocycles. The maximum atomic E-state index is 10.8. The summed E-state index contributed by atoms with van der Waals surface area (Å²) in [7, 11) is 1.89. The van der Waals surface area contributed by atoms with Gasteiger partial charge in [0.2, 0.25) is 0 Å². The van der Waals surface area contributed by atoms with Gasteiger partial charge in [0.25, 0.3) is 0 Å². The third-order valence-electron chi connectivity index (χ3n) is 2.35. The fourth-order valence-corrected chi connectivity index (χ4v) is 1.61. The summed E-state index contributed by atoms with van der Waals surface area (Å²) >= 11 is 0. The largest absolute Gasteiger partial charge is 0.348 e. The Morgan fingerprint density at radius 2 is 2.38 bits per heavy atom. The van der Waals surface area contributed by atoms with Crippen LogP contribution in [0.4, 0.5) is 0 Å². The molecule has 0 saturated heterocycles. The van der Waals surface area contributed by atoms with Gasteiger partial charge < -0.3 is 4.57 Å². The molecule has 1 aromatic rings. The van der Waals surface area contributed by atoms with Gasteiger partial charge >= 0.3 is 0 Å². The van der Waals surface area contributed by atoms with E-state index in [0.717, 1.165) is 24.0 Å². The number of aldehydes is 1. The van der Waals surface area contributed by atoms with Crippen molar-refractivity contribution in [3.05, 3.63) is 41.7 Å². The van der Waals surface area contributed by atoms with E-state index in [0.29, 0.717) is 0 Å². The van der Waals surface area contributed by atoms with Gasteiger partial charge in [-0.15, -0.1) is 0 Å². The zero-order valence-electron chi connectivity index (χ0n) is 7.53. The molecule has 1 aromatic heterocycles. The number of aryl methyl sites for hydroxylation is 1. The maximum absolute atomic E-state index is 10.8. The first-order valence-electron chi connectivity index (χ1n) is 4.29. The summed E-state index contributed by atoms with van der Waals surface area (Å²) in [5.74, 6) is 0. The maximum Gasteiger partial charge on any atom is 0.167 e. The average Bonchev–Trinajstić information content (AvgIpc) is 2.71. The molecule has 0 atom stereocenters. The number of allylic oxidation sites excluding steroid dienone is 4. The Balaban J connectivity index is 2.45. The first-order valence-corrected chi connectivity index (χ1v) is 4.29. The highest BCUT2D eigenvalue weighted by molar-refractivity contribution is 5.85. The van der Waals surface area contributed by atoms with Gasteiger partial charge in [0.15, 0.2) is 6.29 Å². The smallest absolute Gasteiger partial charge is 0.167 e. The molecule has 2 nitrogen and oxygen atoms in total. The third kappa shape index (κ3) is 1.24. The predicted octanol–water partition coefficient (Wildman–Crippen LogP) is 2.18. The van der Waals surface area contributed by atoms with Gasteiger partial charge in [0.05, 0.1) is 5.69 Å². The first kappa shape index (κ1) is 8.05. The van der Waals surface area contributed by atoms with Crippen LogP contribution in [-0.4, -0.2) is 10.9 Å². The number of aromatic nitrogens is 1. The molecule has 0 fully saturated rings. The van der Waals surface area contributed by atoms with Crippen molar-refractivity contribution >= 4 is 11.9 Å². The van der Waals surface area contributed by atoms with Crippen molar-refractivity contribution in [1.82, 2.24) is 4.57 Å². The Hall–Kier alpha value is -1.57. The molecule has 0 spiro atoms. The highest BCUT2D eigenvalue weighted by Crippen LogP contribution is 2.25. The van der Waals surface area contributed by atoms with Crippen molar-refractivity contribution in [3.8, 4) is 0 Å². The minimum atomic E-state index is 0.759. The molecule has 66 valence electrons. The second kappa shape index (κ2) is 3.05. The first-order chi connectivity index (χ1) is 6.33. The van der Waals surface area contributed by atoms with Gasteiger partial charge in [-0.2, -0.15) is 0 Å². The van der Waals surface area contributed by atoms with E-state index < -0.39 is 0 Å². The minimum Gasteiger partial charge on any atom is -0.348 e. The molecule has 1 aliphatic carbocycles. The molecule has 0 aliphatic heterocycles. The zero-order valence-corrected chi connectivity index (χ0v) is 7.53. The number of hydrogen-bond acceptors (Lipinski definition) is 1. The van der Waals surface area contributed by atoms with Crippen LogP contribution in [0.5, 0.6) is 0 Å². The SMILES string of the molecule is Cn1ccc(C2=CC=CC2)c1C=O. The van der Waals surface area contributed by atoms with Gasteiger partial charge in [0, 0.05) is 18.8 Å². The summed E-state index contributed by atoms with van der Waals surface area (Å²) in [6.45, 7) is 0. The number of rotatable bonds is 2. The van der Waals surface area contributed by atoms with Crippen molar-refractivity contribution in [2.45, 2.75) is 6.42 Å². The number of carbonyl (C=O) groups is 1. The van der Waals surface area contributed by atoms with Crippen molar-refractivity contribution in [1.29, 1.82) is 0 Å². The van der Waals surface area contributed by atoms with Gasteiger partial charge in [-0.25, -0.2) is 0 Å². The fourth-order valence-electron chi connectivity index (χ4n) is 1.61. The molecule has 0 N–H and O–H groups in total. The molecule has 0 radical (unpaired) electrons. The van der Waals surface area contributed by atoms with E-state index in [1.165, 1.54) is 5.57 Å². The summed E-state index contributed by atoms with van der Waals surface area (Å²) in [4.78, 5) is 10.8. The molecule has 0 unspecified atom stereocenters. The Kier molecular flexibility index (Phi) is 1.89. The zero-order chi connectivity index (χ0) is 9.26. The van der Waals surface area contributed by atoms with E-state index in [1.807, 2.05) is 30.0 Å². The Morgan fingerprint density at radius 3 is 3.00 bits per heavy atom. The molecular weight excluding hydrogens is 162 g/mol. The quantitative estimate of drug-likeness (QED) is 0.628. The van der Waals surface area contributed by atoms with Crippen LogP contribution in [-0.2, 0) is 7.05 Å². The van der Waals surface area contributed by atoms with Crippen molar-refractivity contribution in [2.75, 3.05) is 0 Å². The molecule has 13 heavy (non-hydrogen) atoms. The van der Waals surface area contributed by atoms with Crippen LogP contribution in [0.2, 0.25) is 0 Å². The lowest BCUT2D eigenvalue weighted by Crippen LogP contribution is -1.95. The molecule has 0 bridgehead atoms. The number of carbonyl (C=O) groups excluding carboxylic acids is 1. The summed E-state index contributed by atoms with van der Waals surface area (Å²) < 4.78 is 1.85. The lowest BCUT2D eigenvalue weighted by Gasteiger charge is -2.00. The molecule has 2 rings (SSSR count). The second-order valence-corrected chi connectivity index (χ2v) is 3.17. The van der Waals surface area contributed by atoms with E-state index in [2.05, 4.69) is 12.2 Å². The van der Waals surface area contributed by atoms with E-state index in [9.17, 15) is 4.79 Å².